The molecule has 0 aromatic heterocycles. The van der Waals surface area contributed by atoms with Crippen LogP contribution in [0.5, 0.6) is 0 Å². The second-order valence-electron chi connectivity index (χ2n) is 3.41. The molecular formula is C11H8FN3OS. The van der Waals surface area contributed by atoms with Crippen molar-refractivity contribution in [2.45, 2.75) is 5.92 Å². The van der Waals surface area contributed by atoms with Crippen LogP contribution in [0.2, 0.25) is 0 Å². The first-order chi connectivity index (χ1) is 8.17. The third-order valence-electron chi connectivity index (χ3n) is 2.44. The summed E-state index contributed by atoms with van der Waals surface area (Å²) >= 11 is 1.05. The number of rotatable bonds is 1. The Labute approximate surface area is 101 Å². The van der Waals surface area contributed by atoms with Gasteiger partial charge in [0.2, 0.25) is 0 Å². The summed E-state index contributed by atoms with van der Waals surface area (Å²) in [4.78, 5) is 0. The second kappa shape index (κ2) is 4.47. The molecule has 0 spiro atoms. The first kappa shape index (κ1) is 11.5. The van der Waals surface area contributed by atoms with E-state index >= 15 is 0 Å². The number of halogens is 1. The van der Waals surface area contributed by atoms with Gasteiger partial charge in [0.05, 0.1) is 22.6 Å². The van der Waals surface area contributed by atoms with E-state index in [1.54, 1.807) is 12.1 Å². The van der Waals surface area contributed by atoms with E-state index in [9.17, 15) is 4.39 Å². The van der Waals surface area contributed by atoms with Crippen LogP contribution in [-0.2, 0) is 0 Å². The van der Waals surface area contributed by atoms with Gasteiger partial charge >= 0.3 is 0 Å². The largest absolute Gasteiger partial charge is 0.410 e. The number of oxime groups is 1. The fraction of sp³-hybridized carbons (Fsp3) is 0.0909. The van der Waals surface area contributed by atoms with Crippen molar-refractivity contribution in [3.63, 3.8) is 0 Å². The van der Waals surface area contributed by atoms with E-state index in [2.05, 4.69) is 5.16 Å². The summed E-state index contributed by atoms with van der Waals surface area (Å²) in [7, 11) is 0. The van der Waals surface area contributed by atoms with Gasteiger partial charge < -0.3 is 10.9 Å². The zero-order valence-electron chi connectivity index (χ0n) is 8.59. The van der Waals surface area contributed by atoms with Gasteiger partial charge in [-0.2, -0.15) is 5.26 Å². The Kier molecular flexibility index (Phi) is 3.02. The summed E-state index contributed by atoms with van der Waals surface area (Å²) in [5.41, 5.74) is 6.67. The lowest BCUT2D eigenvalue weighted by molar-refractivity contribution is 0.319. The van der Waals surface area contributed by atoms with E-state index in [0.29, 0.717) is 21.2 Å². The molecule has 17 heavy (non-hydrogen) atoms. The summed E-state index contributed by atoms with van der Waals surface area (Å²) in [6, 6.07) is 7.66. The van der Waals surface area contributed by atoms with Crippen LogP contribution in [0.4, 0.5) is 4.39 Å². The molecule has 1 aliphatic heterocycles. The van der Waals surface area contributed by atoms with Gasteiger partial charge in [0.25, 0.3) is 0 Å². The summed E-state index contributed by atoms with van der Waals surface area (Å²) in [5, 5.41) is 21.7. The van der Waals surface area contributed by atoms with Gasteiger partial charge in [-0.25, -0.2) is 4.39 Å². The highest BCUT2D eigenvalue weighted by Crippen LogP contribution is 2.41. The molecular weight excluding hydrogens is 241 g/mol. The molecule has 0 radical (unpaired) electrons. The van der Waals surface area contributed by atoms with Crippen LogP contribution in [0.3, 0.4) is 0 Å². The monoisotopic (exact) mass is 249 g/mol. The number of nitrogens with zero attached hydrogens (tertiary/aromatic N) is 2. The Morgan fingerprint density at radius 3 is 2.59 bits per heavy atom. The minimum atomic E-state index is -0.504. The molecule has 2 rings (SSSR count). The third-order valence-corrected chi connectivity index (χ3v) is 3.40. The molecule has 6 heteroatoms. The quantitative estimate of drug-likeness (QED) is 0.590. The minimum Gasteiger partial charge on any atom is -0.410 e. The normalized spacial score (nSPS) is 21.9. The van der Waals surface area contributed by atoms with Gasteiger partial charge in [-0.1, -0.05) is 29.1 Å². The molecule has 4 nitrogen and oxygen atoms in total. The Morgan fingerprint density at radius 2 is 2.06 bits per heavy atom. The summed E-state index contributed by atoms with van der Waals surface area (Å²) in [6.45, 7) is 0. The van der Waals surface area contributed by atoms with Gasteiger partial charge in [0, 0.05) is 0 Å². The maximum atomic E-state index is 12.8. The first-order valence-electron chi connectivity index (χ1n) is 4.72. The Balaban J connectivity index is 2.49. The van der Waals surface area contributed by atoms with E-state index in [4.69, 9.17) is 16.2 Å². The zero-order chi connectivity index (χ0) is 12.4. The van der Waals surface area contributed by atoms with Crippen molar-refractivity contribution in [1.82, 2.24) is 0 Å². The summed E-state index contributed by atoms with van der Waals surface area (Å²) in [5.74, 6) is -0.868. The minimum absolute atomic E-state index is 0.314. The predicted octanol–water partition coefficient (Wildman–Crippen LogP) is 2.14. The number of nitriles is 1. The van der Waals surface area contributed by atoms with Crippen molar-refractivity contribution in [2.24, 2.45) is 10.9 Å². The standard InChI is InChI=1S/C11H8FN3OS/c12-7-3-1-6(2-4-7)9-8(5-13)10(14)17-11(9)15-16/h1-4,9,16H,14H2/t9-/m0/s1. The number of nitrogens with two attached hydrogens (primary N) is 1. The van der Waals surface area contributed by atoms with Crippen LogP contribution in [0.15, 0.2) is 40.0 Å². The molecule has 1 aromatic carbocycles. The zero-order valence-corrected chi connectivity index (χ0v) is 9.41. The van der Waals surface area contributed by atoms with E-state index in [1.807, 2.05) is 6.07 Å². The highest BCUT2D eigenvalue weighted by atomic mass is 32.2. The molecule has 86 valence electrons. The highest BCUT2D eigenvalue weighted by molar-refractivity contribution is 8.17. The lowest BCUT2D eigenvalue weighted by Crippen LogP contribution is -2.07. The molecule has 1 atom stereocenters. The third kappa shape index (κ3) is 1.97. The Hall–Kier alpha value is -2.00. The van der Waals surface area contributed by atoms with Crippen LogP contribution >= 0.6 is 11.8 Å². The van der Waals surface area contributed by atoms with Crippen LogP contribution in [0.25, 0.3) is 0 Å². The van der Waals surface area contributed by atoms with Crippen LogP contribution in [-0.4, -0.2) is 10.3 Å². The molecule has 0 bridgehead atoms. The number of allylic oxidation sites excluding steroid dienone is 1. The van der Waals surface area contributed by atoms with Crippen molar-refractivity contribution in [1.29, 1.82) is 5.26 Å². The SMILES string of the molecule is N#CC1=C(N)SC(=NO)[C@H]1c1ccc(F)cc1. The number of hydrogen-bond acceptors (Lipinski definition) is 5. The molecule has 1 heterocycles. The number of thioether (sulfide) groups is 1. The highest BCUT2D eigenvalue weighted by Gasteiger charge is 2.33. The van der Waals surface area contributed by atoms with Crippen LogP contribution in [0.1, 0.15) is 11.5 Å². The molecule has 0 saturated heterocycles. The Morgan fingerprint density at radius 1 is 1.41 bits per heavy atom. The van der Waals surface area contributed by atoms with E-state index in [-0.39, 0.29) is 5.82 Å². The summed E-state index contributed by atoms with van der Waals surface area (Å²) in [6.07, 6.45) is 0. The van der Waals surface area contributed by atoms with Gasteiger partial charge in [-0.05, 0) is 17.7 Å². The number of hydrogen-bond donors (Lipinski definition) is 2. The van der Waals surface area contributed by atoms with Crippen molar-refractivity contribution in [2.75, 3.05) is 0 Å². The lowest BCUT2D eigenvalue weighted by Gasteiger charge is -2.09. The predicted molar refractivity (Wildman–Crippen MR) is 62.8 cm³/mol. The van der Waals surface area contributed by atoms with Crippen molar-refractivity contribution >= 4 is 16.8 Å². The van der Waals surface area contributed by atoms with Crippen LogP contribution < -0.4 is 5.73 Å². The molecule has 1 aromatic rings. The molecule has 1 aliphatic rings. The van der Waals surface area contributed by atoms with E-state index in [1.165, 1.54) is 12.1 Å². The molecule has 0 unspecified atom stereocenters. The van der Waals surface area contributed by atoms with Gasteiger partial charge in [0.1, 0.15) is 10.9 Å². The maximum absolute atomic E-state index is 12.8. The first-order valence-corrected chi connectivity index (χ1v) is 5.54. The van der Waals surface area contributed by atoms with Crippen LogP contribution in [0, 0.1) is 17.1 Å². The van der Waals surface area contributed by atoms with E-state index < -0.39 is 5.92 Å². The Bertz CT molecular complexity index is 545. The fourth-order valence-corrected chi connectivity index (χ4v) is 2.57. The maximum Gasteiger partial charge on any atom is 0.131 e. The van der Waals surface area contributed by atoms with Crippen molar-refractivity contribution in [3.05, 3.63) is 46.2 Å². The topological polar surface area (TPSA) is 82.4 Å². The summed E-state index contributed by atoms with van der Waals surface area (Å²) < 4.78 is 12.8. The van der Waals surface area contributed by atoms with Gasteiger partial charge in [0.15, 0.2) is 0 Å². The van der Waals surface area contributed by atoms with Crippen molar-refractivity contribution in [3.8, 4) is 6.07 Å². The van der Waals surface area contributed by atoms with Gasteiger partial charge in [-0.3, -0.25) is 0 Å². The lowest BCUT2D eigenvalue weighted by atomic mass is 9.93. The molecule has 0 saturated carbocycles. The van der Waals surface area contributed by atoms with E-state index in [0.717, 1.165) is 11.8 Å². The molecule has 0 aliphatic carbocycles. The van der Waals surface area contributed by atoms with Gasteiger partial charge in [-0.15, -0.1) is 0 Å². The number of benzene rings is 1. The smallest absolute Gasteiger partial charge is 0.131 e. The molecule has 3 N–H and O–H groups in total. The second-order valence-corrected chi connectivity index (χ2v) is 4.48. The average Bonchev–Trinajstić information content (AvgIpc) is 2.66. The van der Waals surface area contributed by atoms with Crippen molar-refractivity contribution < 1.29 is 9.60 Å². The average molecular weight is 249 g/mol. The fourth-order valence-electron chi connectivity index (χ4n) is 1.65. The molecule has 0 amide bonds. The molecule has 0 fully saturated rings.